The molecule has 0 saturated heterocycles. The number of benzene rings is 2. The van der Waals surface area contributed by atoms with E-state index in [1.807, 2.05) is 24.3 Å². The van der Waals surface area contributed by atoms with Crippen LogP contribution < -0.4 is 4.74 Å². The molecule has 0 aliphatic heterocycles. The highest BCUT2D eigenvalue weighted by Crippen LogP contribution is 2.60. The van der Waals surface area contributed by atoms with E-state index in [2.05, 4.69) is 4.74 Å². The Kier molecular flexibility index (Phi) is 7.12. The van der Waals surface area contributed by atoms with E-state index in [9.17, 15) is 23.3 Å². The highest BCUT2D eigenvalue weighted by molar-refractivity contribution is 7.95. The molecule has 0 unspecified atom stereocenters. The second-order valence-corrected chi connectivity index (χ2v) is 10.5. The molecule has 1 fully saturated rings. The van der Waals surface area contributed by atoms with Gasteiger partial charge in [-0.2, -0.15) is 5.26 Å². The number of esters is 2. The van der Waals surface area contributed by atoms with Crippen LogP contribution in [0.3, 0.4) is 0 Å². The van der Waals surface area contributed by atoms with Gasteiger partial charge in [0.2, 0.25) is 6.10 Å². The Labute approximate surface area is 198 Å². The van der Waals surface area contributed by atoms with Crippen LogP contribution in [0.25, 0.3) is 0 Å². The van der Waals surface area contributed by atoms with Crippen LogP contribution in [0, 0.1) is 28.6 Å². The van der Waals surface area contributed by atoms with Crippen molar-refractivity contribution in [3.05, 3.63) is 71.1 Å². The summed E-state index contributed by atoms with van der Waals surface area (Å²) in [4.78, 5) is 24.4. The summed E-state index contributed by atoms with van der Waals surface area (Å²) in [6.07, 6.45) is 0.945. The van der Waals surface area contributed by atoms with Crippen molar-refractivity contribution in [2.24, 2.45) is 17.3 Å². The fourth-order valence-corrected chi connectivity index (χ4v) is 4.55. The molecule has 0 N–H and O–H groups in total. The molecule has 34 heavy (non-hydrogen) atoms. The normalized spacial score (nSPS) is 19.9. The van der Waals surface area contributed by atoms with Crippen molar-refractivity contribution in [3.63, 3.8) is 0 Å². The van der Waals surface area contributed by atoms with E-state index in [4.69, 9.17) is 9.47 Å². The zero-order valence-electron chi connectivity index (χ0n) is 19.2. The lowest BCUT2D eigenvalue weighted by atomic mass is 10.1. The molecule has 2 aromatic rings. The van der Waals surface area contributed by atoms with Gasteiger partial charge in [0.25, 0.3) is 0 Å². The summed E-state index contributed by atoms with van der Waals surface area (Å²) in [6, 6.07) is 17.7. The maximum absolute atomic E-state index is 12.9. The number of para-hydroxylation sites is 1. The molecule has 0 heterocycles. The predicted octanol–water partition coefficient (Wildman–Crippen LogP) is 3.96. The van der Waals surface area contributed by atoms with Gasteiger partial charge < -0.3 is 14.2 Å². The topological polar surface area (TPSA) is 120 Å². The van der Waals surface area contributed by atoms with E-state index < -0.39 is 50.0 Å². The number of ether oxygens (including phenoxy) is 3. The molecule has 1 aliphatic rings. The Morgan fingerprint density at radius 1 is 1.09 bits per heavy atom. The number of nitriles is 1. The summed E-state index contributed by atoms with van der Waals surface area (Å²) in [5.41, 5.74) is -0.236. The third-order valence-corrected chi connectivity index (χ3v) is 6.87. The predicted molar refractivity (Wildman–Crippen MR) is 123 cm³/mol. The zero-order chi connectivity index (χ0) is 25.1. The molecule has 1 aliphatic carbocycles. The van der Waals surface area contributed by atoms with Crippen LogP contribution in [0.1, 0.15) is 25.5 Å². The lowest BCUT2D eigenvalue weighted by molar-refractivity contribution is -0.149. The quantitative estimate of drug-likeness (QED) is 0.409. The maximum atomic E-state index is 12.9. The van der Waals surface area contributed by atoms with Gasteiger partial charge in [-0.15, -0.1) is 0 Å². The second kappa shape index (κ2) is 9.69. The summed E-state index contributed by atoms with van der Waals surface area (Å²) in [5.74, 6) is -1.87. The molecule has 0 radical (unpaired) electrons. The number of hydrogen-bond acceptors (Lipinski definition) is 8. The van der Waals surface area contributed by atoms with Gasteiger partial charge in [-0.05, 0) is 35.6 Å². The van der Waals surface area contributed by atoms with Crippen molar-refractivity contribution in [1.82, 2.24) is 0 Å². The van der Waals surface area contributed by atoms with Gasteiger partial charge in [0.1, 0.15) is 22.5 Å². The van der Waals surface area contributed by atoms with Gasteiger partial charge in [-0.25, -0.2) is 13.2 Å². The molecule has 0 amide bonds. The highest BCUT2D eigenvalue weighted by Gasteiger charge is 2.62. The van der Waals surface area contributed by atoms with E-state index in [1.165, 1.54) is 6.08 Å². The van der Waals surface area contributed by atoms with Gasteiger partial charge in [0.15, 0.2) is 9.84 Å². The first-order chi connectivity index (χ1) is 16.0. The fourth-order valence-electron chi connectivity index (χ4n) is 3.77. The Bertz CT molecular complexity index is 1260. The molecule has 0 spiro atoms. The number of methoxy groups -OCH3 is 1. The summed E-state index contributed by atoms with van der Waals surface area (Å²) in [5, 5.41) is 9.64. The summed E-state index contributed by atoms with van der Waals surface area (Å²) >= 11 is 0. The Balaban J connectivity index is 1.78. The Hall–Kier alpha value is -3.64. The SMILES string of the molecule is COC(=O)C(=C[C@H]1[C@@H](C(=O)O[C@H](C#N)c2cccc(Oc3ccccc3)c2)C1(C)C)S(C)(=O)=O. The number of carbonyl (C=O) groups excluding carboxylic acids is 2. The second-order valence-electron chi connectivity index (χ2n) is 8.55. The number of rotatable bonds is 8. The fraction of sp³-hybridized carbons (Fsp3) is 0.320. The average Bonchev–Trinajstić information content (AvgIpc) is 3.35. The Morgan fingerprint density at radius 3 is 2.32 bits per heavy atom. The van der Waals surface area contributed by atoms with Crippen molar-refractivity contribution in [1.29, 1.82) is 5.26 Å². The van der Waals surface area contributed by atoms with Gasteiger partial charge in [0, 0.05) is 11.8 Å². The molecule has 3 rings (SSSR count). The third kappa shape index (κ3) is 5.46. The van der Waals surface area contributed by atoms with Crippen LogP contribution >= 0.6 is 0 Å². The number of nitrogens with zero attached hydrogens (tertiary/aromatic N) is 1. The lowest BCUT2D eigenvalue weighted by Crippen LogP contribution is -2.15. The smallest absolute Gasteiger partial charge is 0.349 e. The van der Waals surface area contributed by atoms with E-state index >= 15 is 0 Å². The van der Waals surface area contributed by atoms with E-state index in [-0.39, 0.29) is 0 Å². The molecule has 0 aromatic heterocycles. The van der Waals surface area contributed by atoms with Crippen molar-refractivity contribution < 1.29 is 32.2 Å². The first-order valence-electron chi connectivity index (χ1n) is 10.4. The number of carbonyl (C=O) groups is 2. The molecule has 2 aromatic carbocycles. The van der Waals surface area contributed by atoms with Crippen LogP contribution in [0.5, 0.6) is 11.5 Å². The largest absolute Gasteiger partial charge is 0.465 e. The van der Waals surface area contributed by atoms with Gasteiger partial charge in [-0.3, -0.25) is 4.79 Å². The molecule has 9 heteroatoms. The molecule has 1 saturated carbocycles. The van der Waals surface area contributed by atoms with Crippen LogP contribution in [0.2, 0.25) is 0 Å². The lowest BCUT2D eigenvalue weighted by Gasteiger charge is -2.13. The summed E-state index contributed by atoms with van der Waals surface area (Å²) in [6.45, 7) is 3.51. The summed E-state index contributed by atoms with van der Waals surface area (Å²) in [7, 11) is -2.78. The minimum atomic E-state index is -3.86. The first kappa shape index (κ1) is 25.0. The molecular weight excluding hydrogens is 458 g/mol. The van der Waals surface area contributed by atoms with Crippen LogP contribution in [0.4, 0.5) is 0 Å². The van der Waals surface area contributed by atoms with E-state index in [0.717, 1.165) is 13.4 Å². The monoisotopic (exact) mass is 483 g/mol. The van der Waals surface area contributed by atoms with Crippen LogP contribution in [0.15, 0.2) is 65.6 Å². The number of allylic oxidation sites excluding steroid dienone is 1. The maximum Gasteiger partial charge on any atom is 0.349 e. The van der Waals surface area contributed by atoms with Gasteiger partial charge >= 0.3 is 11.9 Å². The molecule has 8 nitrogen and oxygen atoms in total. The Morgan fingerprint density at radius 2 is 1.74 bits per heavy atom. The standard InChI is InChI=1S/C25H25NO7S/c1-25(2)19(14-21(23(27)31-3)34(4,29)30)22(25)24(28)33-20(15-26)16-9-8-12-18(13-16)32-17-10-6-5-7-11-17/h5-14,19-20,22H,1-4H3/t19-,20+,22-/m0/s1. The van der Waals surface area contributed by atoms with Gasteiger partial charge in [-0.1, -0.05) is 50.3 Å². The molecule has 178 valence electrons. The highest BCUT2D eigenvalue weighted by atomic mass is 32.2. The zero-order valence-corrected chi connectivity index (χ0v) is 20.0. The van der Waals surface area contributed by atoms with Crippen molar-refractivity contribution >= 4 is 21.8 Å². The van der Waals surface area contributed by atoms with Gasteiger partial charge in [0.05, 0.1) is 13.0 Å². The van der Waals surface area contributed by atoms with Crippen LogP contribution in [-0.4, -0.2) is 33.7 Å². The minimum Gasteiger partial charge on any atom is -0.465 e. The van der Waals surface area contributed by atoms with Crippen molar-refractivity contribution in [3.8, 4) is 17.6 Å². The van der Waals surface area contributed by atoms with E-state index in [0.29, 0.717) is 17.1 Å². The first-order valence-corrected chi connectivity index (χ1v) is 12.3. The third-order valence-electron chi connectivity index (χ3n) is 5.77. The molecular formula is C25H25NO7S. The van der Waals surface area contributed by atoms with Crippen molar-refractivity contribution in [2.75, 3.05) is 13.4 Å². The average molecular weight is 484 g/mol. The van der Waals surface area contributed by atoms with Crippen LogP contribution in [-0.2, 0) is 28.9 Å². The van der Waals surface area contributed by atoms with E-state index in [1.54, 1.807) is 50.2 Å². The summed E-state index contributed by atoms with van der Waals surface area (Å²) < 4.78 is 39.9. The number of hydrogen-bond donors (Lipinski definition) is 0. The minimum absolute atomic E-state index is 0.432. The molecule has 3 atom stereocenters. The van der Waals surface area contributed by atoms with Crippen molar-refractivity contribution in [2.45, 2.75) is 20.0 Å². The number of sulfone groups is 1. The molecule has 0 bridgehead atoms.